The normalized spacial score (nSPS) is 18.5. The second-order valence-electron chi connectivity index (χ2n) is 8.74. The van der Waals surface area contributed by atoms with Gasteiger partial charge in [0.25, 0.3) is 5.91 Å². The third-order valence-corrected chi connectivity index (χ3v) is 6.20. The molecule has 10 nitrogen and oxygen atoms in total. The lowest BCUT2D eigenvalue weighted by molar-refractivity contribution is -0.144. The average Bonchev–Trinajstić information content (AvgIpc) is 3.25. The maximum Gasteiger partial charge on any atom is 0.414 e. The summed E-state index contributed by atoms with van der Waals surface area (Å²) >= 11 is 0. The van der Waals surface area contributed by atoms with Crippen LogP contribution in [0.3, 0.4) is 0 Å². The predicted octanol–water partition coefficient (Wildman–Crippen LogP) is 1.95. The molecule has 2 heterocycles. The molecule has 190 valence electrons. The van der Waals surface area contributed by atoms with Crippen molar-refractivity contribution >= 4 is 29.5 Å². The highest BCUT2D eigenvalue weighted by atomic mass is 16.6. The molecule has 0 radical (unpaired) electrons. The van der Waals surface area contributed by atoms with E-state index >= 15 is 0 Å². The molecule has 2 fully saturated rings. The number of ether oxygens (including phenoxy) is 2. The van der Waals surface area contributed by atoms with Gasteiger partial charge in [-0.05, 0) is 43.3 Å². The van der Waals surface area contributed by atoms with Crippen LogP contribution >= 0.6 is 0 Å². The number of nitrogens with one attached hydrogen (secondary N) is 2. The molecule has 2 aromatic carbocycles. The molecule has 1 atom stereocenters. The molecule has 2 aliphatic heterocycles. The standard InChI is InChI=1S/C26H31N5O5/c1-2-35-23(32)18-30-14-12-29(13-15-30)16-22-17-31(26(34)36-22)21-10-8-19(9-11-21)24(27)28-25(33)20-6-4-3-5-7-20/h3-11,22H,2,12-18H2,1H3,(H2,27,28,33)/t22-/m1/s1. The van der Waals surface area contributed by atoms with Crippen LogP contribution in [0.4, 0.5) is 10.5 Å². The van der Waals surface area contributed by atoms with Crippen LogP contribution in [0.15, 0.2) is 54.6 Å². The second kappa shape index (κ2) is 11.8. The molecule has 36 heavy (non-hydrogen) atoms. The Morgan fingerprint density at radius 1 is 1.00 bits per heavy atom. The van der Waals surface area contributed by atoms with Crippen LogP contribution < -0.4 is 10.2 Å². The van der Waals surface area contributed by atoms with Crippen LogP contribution in [0, 0.1) is 5.41 Å². The molecule has 2 amide bonds. The van der Waals surface area contributed by atoms with Gasteiger partial charge in [-0.2, -0.15) is 0 Å². The first-order chi connectivity index (χ1) is 17.4. The highest BCUT2D eigenvalue weighted by Crippen LogP contribution is 2.23. The van der Waals surface area contributed by atoms with Gasteiger partial charge >= 0.3 is 12.1 Å². The Morgan fingerprint density at radius 3 is 2.33 bits per heavy atom. The number of piperazine rings is 1. The van der Waals surface area contributed by atoms with Gasteiger partial charge in [0, 0.05) is 49.5 Å². The SMILES string of the molecule is CCOC(=O)CN1CCN(C[C@@H]2CN(c3ccc(C(=N)NC(=O)c4ccccc4)cc3)C(=O)O2)CC1. The number of amides is 2. The van der Waals surface area contributed by atoms with Crippen molar-refractivity contribution in [1.82, 2.24) is 15.1 Å². The zero-order chi connectivity index (χ0) is 25.5. The smallest absolute Gasteiger partial charge is 0.414 e. The number of amidine groups is 1. The van der Waals surface area contributed by atoms with Gasteiger partial charge in [0.2, 0.25) is 0 Å². The summed E-state index contributed by atoms with van der Waals surface area (Å²) in [4.78, 5) is 42.4. The third-order valence-electron chi connectivity index (χ3n) is 6.20. The fraction of sp³-hybridized carbons (Fsp3) is 0.385. The summed E-state index contributed by atoms with van der Waals surface area (Å²) in [5, 5.41) is 10.8. The van der Waals surface area contributed by atoms with Crippen molar-refractivity contribution < 1.29 is 23.9 Å². The molecule has 0 aromatic heterocycles. The Morgan fingerprint density at radius 2 is 1.67 bits per heavy atom. The van der Waals surface area contributed by atoms with E-state index in [0.717, 1.165) is 26.2 Å². The van der Waals surface area contributed by atoms with E-state index in [9.17, 15) is 14.4 Å². The number of carbonyl (C=O) groups is 3. The molecule has 2 N–H and O–H groups in total. The Bertz CT molecular complexity index is 1080. The molecular weight excluding hydrogens is 462 g/mol. The van der Waals surface area contributed by atoms with E-state index in [1.54, 1.807) is 60.4 Å². The molecule has 0 bridgehead atoms. The van der Waals surface area contributed by atoms with Crippen LogP contribution in [0.2, 0.25) is 0 Å². The van der Waals surface area contributed by atoms with Gasteiger partial charge in [-0.15, -0.1) is 0 Å². The summed E-state index contributed by atoms with van der Waals surface area (Å²) in [5.41, 5.74) is 1.69. The number of esters is 1. The molecule has 2 saturated heterocycles. The summed E-state index contributed by atoms with van der Waals surface area (Å²) < 4.78 is 10.6. The number of carbonyl (C=O) groups excluding carboxylic acids is 3. The minimum atomic E-state index is -0.402. The van der Waals surface area contributed by atoms with Gasteiger partial charge in [-0.25, -0.2) is 4.79 Å². The van der Waals surface area contributed by atoms with E-state index in [-0.39, 0.29) is 23.8 Å². The Labute approximate surface area is 210 Å². The quantitative estimate of drug-likeness (QED) is 0.328. The molecule has 0 aliphatic carbocycles. The van der Waals surface area contributed by atoms with E-state index in [4.69, 9.17) is 14.9 Å². The average molecular weight is 494 g/mol. The van der Waals surface area contributed by atoms with Gasteiger partial charge in [0.1, 0.15) is 11.9 Å². The fourth-order valence-electron chi connectivity index (χ4n) is 4.29. The van der Waals surface area contributed by atoms with E-state index < -0.39 is 6.09 Å². The summed E-state index contributed by atoms with van der Waals surface area (Å²) in [7, 11) is 0. The number of anilines is 1. The Hall–Kier alpha value is -3.76. The van der Waals surface area contributed by atoms with Crippen LogP contribution in [-0.2, 0) is 14.3 Å². The van der Waals surface area contributed by atoms with Crippen LogP contribution in [0.1, 0.15) is 22.8 Å². The monoisotopic (exact) mass is 493 g/mol. The number of hydrogen-bond acceptors (Lipinski definition) is 8. The zero-order valence-corrected chi connectivity index (χ0v) is 20.3. The molecule has 4 rings (SSSR count). The Kier molecular flexibility index (Phi) is 8.29. The van der Waals surface area contributed by atoms with E-state index in [1.165, 1.54) is 0 Å². The number of rotatable bonds is 8. The first kappa shape index (κ1) is 25.3. The molecular formula is C26H31N5O5. The maximum absolute atomic E-state index is 12.5. The van der Waals surface area contributed by atoms with Crippen molar-refractivity contribution in [1.29, 1.82) is 5.41 Å². The minimum Gasteiger partial charge on any atom is -0.465 e. The molecule has 2 aliphatic rings. The van der Waals surface area contributed by atoms with Crippen molar-refractivity contribution in [2.24, 2.45) is 0 Å². The lowest BCUT2D eigenvalue weighted by atomic mass is 10.1. The highest BCUT2D eigenvalue weighted by Gasteiger charge is 2.34. The molecule has 0 saturated carbocycles. The van der Waals surface area contributed by atoms with Gasteiger partial charge in [-0.3, -0.25) is 29.7 Å². The lowest BCUT2D eigenvalue weighted by Crippen LogP contribution is -2.50. The molecule has 2 aromatic rings. The highest BCUT2D eigenvalue weighted by molar-refractivity contribution is 6.11. The minimum absolute atomic E-state index is 0.0145. The van der Waals surface area contributed by atoms with E-state index in [2.05, 4.69) is 15.1 Å². The number of cyclic esters (lactones) is 1. The first-order valence-corrected chi connectivity index (χ1v) is 12.1. The maximum atomic E-state index is 12.5. The van der Waals surface area contributed by atoms with E-state index in [0.29, 0.717) is 43.1 Å². The summed E-state index contributed by atoms with van der Waals surface area (Å²) in [6, 6.07) is 15.6. The van der Waals surface area contributed by atoms with Crippen LogP contribution in [0.5, 0.6) is 0 Å². The number of nitrogens with zero attached hydrogens (tertiary/aromatic N) is 3. The molecule has 0 spiro atoms. The van der Waals surface area contributed by atoms with E-state index in [1.807, 2.05) is 6.07 Å². The van der Waals surface area contributed by atoms with Crippen molar-refractivity contribution in [2.45, 2.75) is 13.0 Å². The predicted molar refractivity (Wildman–Crippen MR) is 134 cm³/mol. The second-order valence-corrected chi connectivity index (χ2v) is 8.74. The first-order valence-electron chi connectivity index (χ1n) is 12.1. The third kappa shape index (κ3) is 6.46. The number of hydrogen-bond donors (Lipinski definition) is 2. The summed E-state index contributed by atoms with van der Waals surface area (Å²) in [6.45, 7) is 6.66. The zero-order valence-electron chi connectivity index (χ0n) is 20.3. The fourth-order valence-corrected chi connectivity index (χ4v) is 4.29. The molecule has 10 heteroatoms. The topological polar surface area (TPSA) is 115 Å². The van der Waals surface area contributed by atoms with Crippen molar-refractivity contribution in [2.75, 3.05) is 57.3 Å². The summed E-state index contributed by atoms with van der Waals surface area (Å²) in [5.74, 6) is -0.567. The molecule has 0 unspecified atom stereocenters. The van der Waals surface area contributed by atoms with Crippen molar-refractivity contribution in [3.63, 3.8) is 0 Å². The van der Waals surface area contributed by atoms with Gasteiger partial charge in [0.15, 0.2) is 0 Å². The number of benzene rings is 2. The largest absolute Gasteiger partial charge is 0.465 e. The summed E-state index contributed by atoms with van der Waals surface area (Å²) in [6.07, 6.45) is -0.654. The van der Waals surface area contributed by atoms with Gasteiger partial charge < -0.3 is 14.8 Å². The van der Waals surface area contributed by atoms with Crippen LogP contribution in [0.25, 0.3) is 0 Å². The van der Waals surface area contributed by atoms with Crippen molar-refractivity contribution in [3.05, 3.63) is 65.7 Å². The Balaban J connectivity index is 1.26. The van der Waals surface area contributed by atoms with Gasteiger partial charge in [-0.1, -0.05) is 18.2 Å². The van der Waals surface area contributed by atoms with Crippen molar-refractivity contribution in [3.8, 4) is 0 Å². The lowest BCUT2D eigenvalue weighted by Gasteiger charge is -2.34. The van der Waals surface area contributed by atoms with Gasteiger partial charge in [0.05, 0.1) is 19.7 Å². The van der Waals surface area contributed by atoms with Crippen LogP contribution in [-0.4, -0.2) is 92.1 Å².